The highest BCUT2D eigenvalue weighted by atomic mass is 79.9. The summed E-state index contributed by atoms with van der Waals surface area (Å²) in [6.45, 7) is 0. The van der Waals surface area contributed by atoms with E-state index in [0.29, 0.717) is 0 Å². The summed E-state index contributed by atoms with van der Waals surface area (Å²) in [5.74, 6) is 0. The Morgan fingerprint density at radius 2 is 2.00 bits per heavy atom. The molecule has 0 radical (unpaired) electrons. The summed E-state index contributed by atoms with van der Waals surface area (Å²) in [5.41, 5.74) is 3.26. The van der Waals surface area contributed by atoms with E-state index in [0.717, 1.165) is 37.5 Å². The van der Waals surface area contributed by atoms with Gasteiger partial charge >= 0.3 is 0 Å². The van der Waals surface area contributed by atoms with Gasteiger partial charge in [0.25, 0.3) is 0 Å². The molecular formula is C13H6BrNO2. The molecule has 0 fully saturated rings. The van der Waals surface area contributed by atoms with Crippen LogP contribution < -0.4 is 0 Å². The first-order chi connectivity index (χ1) is 8.34. The van der Waals surface area contributed by atoms with Gasteiger partial charge in [-0.25, -0.2) is 4.98 Å². The maximum Gasteiger partial charge on any atom is 0.182 e. The van der Waals surface area contributed by atoms with Gasteiger partial charge in [0.2, 0.25) is 0 Å². The van der Waals surface area contributed by atoms with E-state index in [9.17, 15) is 0 Å². The Balaban J connectivity index is 2.43. The van der Waals surface area contributed by atoms with E-state index in [1.807, 2.05) is 30.3 Å². The second-order valence-corrected chi connectivity index (χ2v) is 4.72. The molecule has 0 aliphatic rings. The molecule has 3 nitrogen and oxygen atoms in total. The molecule has 0 aliphatic heterocycles. The highest BCUT2D eigenvalue weighted by Gasteiger charge is 2.15. The average molecular weight is 288 g/mol. The van der Waals surface area contributed by atoms with Crippen LogP contribution in [0.25, 0.3) is 33.0 Å². The Kier molecular flexibility index (Phi) is 1.69. The van der Waals surface area contributed by atoms with Crippen LogP contribution in [0.1, 0.15) is 0 Å². The van der Waals surface area contributed by atoms with Gasteiger partial charge in [-0.1, -0.05) is 18.2 Å². The van der Waals surface area contributed by atoms with E-state index in [1.54, 1.807) is 0 Å². The number of halogens is 1. The first-order valence-corrected chi connectivity index (χ1v) is 5.97. The summed E-state index contributed by atoms with van der Waals surface area (Å²) in [4.78, 5) is 4.18. The summed E-state index contributed by atoms with van der Waals surface area (Å²) in [5, 5.41) is 2.02. The molecule has 82 valence electrons. The Morgan fingerprint density at radius 3 is 2.94 bits per heavy atom. The van der Waals surface area contributed by atoms with Gasteiger partial charge in [-0.3, -0.25) is 0 Å². The molecule has 2 heterocycles. The number of fused-ring (bicyclic) bond motifs is 5. The summed E-state index contributed by atoms with van der Waals surface area (Å²) in [6, 6.07) is 9.82. The molecule has 0 unspecified atom stereocenters. The Bertz CT molecular complexity index is 860. The van der Waals surface area contributed by atoms with Gasteiger partial charge in [-0.05, 0) is 28.1 Å². The van der Waals surface area contributed by atoms with Crippen molar-refractivity contribution in [2.75, 3.05) is 0 Å². The lowest BCUT2D eigenvalue weighted by Crippen LogP contribution is -1.72. The third-order valence-corrected chi connectivity index (χ3v) is 3.49. The lowest BCUT2D eigenvalue weighted by atomic mass is 10.1. The summed E-state index contributed by atoms with van der Waals surface area (Å²) in [7, 11) is 0. The minimum atomic E-state index is 0.771. The zero-order valence-corrected chi connectivity index (χ0v) is 10.2. The van der Waals surface area contributed by atoms with Crippen molar-refractivity contribution in [2.45, 2.75) is 0 Å². The van der Waals surface area contributed by atoms with Crippen LogP contribution in [-0.2, 0) is 0 Å². The molecule has 0 atom stereocenters. The number of benzene rings is 2. The molecule has 4 rings (SSSR count). The third kappa shape index (κ3) is 1.13. The zero-order valence-electron chi connectivity index (χ0n) is 8.61. The van der Waals surface area contributed by atoms with Gasteiger partial charge in [-0.2, -0.15) is 0 Å². The van der Waals surface area contributed by atoms with Crippen molar-refractivity contribution in [2.24, 2.45) is 0 Å². The Labute approximate surface area is 104 Å². The van der Waals surface area contributed by atoms with Crippen molar-refractivity contribution in [3.63, 3.8) is 0 Å². The number of nitrogens with zero attached hydrogens (tertiary/aromatic N) is 1. The zero-order chi connectivity index (χ0) is 11.4. The van der Waals surface area contributed by atoms with Crippen LogP contribution in [0.15, 0.2) is 50.0 Å². The lowest BCUT2D eigenvalue weighted by Gasteiger charge is -1.93. The predicted molar refractivity (Wildman–Crippen MR) is 69.0 cm³/mol. The molecule has 0 aliphatic carbocycles. The van der Waals surface area contributed by atoms with E-state index in [4.69, 9.17) is 8.83 Å². The highest BCUT2D eigenvalue weighted by molar-refractivity contribution is 9.10. The minimum absolute atomic E-state index is 0.771. The fourth-order valence-electron chi connectivity index (χ4n) is 2.17. The second-order valence-electron chi connectivity index (χ2n) is 3.86. The normalized spacial score (nSPS) is 11.8. The predicted octanol–water partition coefficient (Wildman–Crippen LogP) is 4.49. The van der Waals surface area contributed by atoms with E-state index in [-0.39, 0.29) is 0 Å². The minimum Gasteiger partial charge on any atom is -0.455 e. The van der Waals surface area contributed by atoms with Crippen LogP contribution in [0.2, 0.25) is 0 Å². The molecule has 4 aromatic rings. The van der Waals surface area contributed by atoms with E-state index in [1.165, 1.54) is 6.39 Å². The summed E-state index contributed by atoms with van der Waals surface area (Å²) in [6.07, 6.45) is 1.46. The van der Waals surface area contributed by atoms with Crippen molar-refractivity contribution >= 4 is 49.0 Å². The van der Waals surface area contributed by atoms with Gasteiger partial charge < -0.3 is 8.83 Å². The topological polar surface area (TPSA) is 39.2 Å². The summed E-state index contributed by atoms with van der Waals surface area (Å²) < 4.78 is 12.2. The second kappa shape index (κ2) is 3.11. The molecule has 0 bridgehead atoms. The Morgan fingerprint density at radius 1 is 1.12 bits per heavy atom. The van der Waals surface area contributed by atoms with Crippen LogP contribution in [0.4, 0.5) is 0 Å². The van der Waals surface area contributed by atoms with Gasteiger partial charge in [0.05, 0.1) is 9.86 Å². The quantitative estimate of drug-likeness (QED) is 0.478. The number of hydrogen-bond donors (Lipinski definition) is 0. The van der Waals surface area contributed by atoms with Crippen LogP contribution in [0.5, 0.6) is 0 Å². The molecule has 2 aromatic heterocycles. The SMILES string of the molecule is Brc1cc2ncoc2c2c1oc1ccccc12. The van der Waals surface area contributed by atoms with Crippen LogP contribution >= 0.6 is 15.9 Å². The van der Waals surface area contributed by atoms with Gasteiger partial charge in [0.15, 0.2) is 17.6 Å². The Hall–Kier alpha value is -1.81. The fraction of sp³-hybridized carbons (Fsp3) is 0. The fourth-order valence-corrected chi connectivity index (χ4v) is 2.67. The molecule has 2 aromatic carbocycles. The van der Waals surface area contributed by atoms with Gasteiger partial charge in [0, 0.05) is 5.39 Å². The highest BCUT2D eigenvalue weighted by Crippen LogP contribution is 2.38. The standard InChI is InChI=1S/C13H6BrNO2/c14-8-5-9-13(16-6-15-9)11-7-3-1-2-4-10(7)17-12(8)11/h1-6H. The van der Waals surface area contributed by atoms with Crippen molar-refractivity contribution < 1.29 is 8.83 Å². The van der Waals surface area contributed by atoms with Gasteiger partial charge in [-0.15, -0.1) is 0 Å². The van der Waals surface area contributed by atoms with Crippen molar-refractivity contribution in [1.82, 2.24) is 4.98 Å². The number of aromatic nitrogens is 1. The largest absolute Gasteiger partial charge is 0.455 e. The molecule has 0 saturated heterocycles. The van der Waals surface area contributed by atoms with Crippen molar-refractivity contribution in [3.05, 3.63) is 41.2 Å². The molecule has 0 amide bonds. The molecule has 17 heavy (non-hydrogen) atoms. The number of furan rings is 1. The number of rotatable bonds is 0. The van der Waals surface area contributed by atoms with Crippen LogP contribution in [0.3, 0.4) is 0 Å². The molecule has 0 N–H and O–H groups in total. The van der Waals surface area contributed by atoms with Crippen LogP contribution in [0, 0.1) is 0 Å². The molecule has 0 spiro atoms. The van der Waals surface area contributed by atoms with E-state index >= 15 is 0 Å². The first kappa shape index (κ1) is 9.24. The van der Waals surface area contributed by atoms with Crippen LogP contribution in [-0.4, -0.2) is 4.98 Å². The number of para-hydroxylation sites is 1. The van der Waals surface area contributed by atoms with Gasteiger partial charge in [0.1, 0.15) is 11.1 Å². The summed E-state index contributed by atoms with van der Waals surface area (Å²) >= 11 is 3.51. The molecule has 4 heteroatoms. The smallest absolute Gasteiger partial charge is 0.182 e. The maximum absolute atomic E-state index is 5.83. The third-order valence-electron chi connectivity index (χ3n) is 2.90. The van der Waals surface area contributed by atoms with Crippen molar-refractivity contribution in [3.8, 4) is 0 Å². The number of hydrogen-bond acceptors (Lipinski definition) is 3. The maximum atomic E-state index is 5.83. The first-order valence-electron chi connectivity index (χ1n) is 5.17. The number of oxazole rings is 1. The van der Waals surface area contributed by atoms with E-state index in [2.05, 4.69) is 20.9 Å². The van der Waals surface area contributed by atoms with Crippen molar-refractivity contribution in [1.29, 1.82) is 0 Å². The monoisotopic (exact) mass is 287 g/mol. The van der Waals surface area contributed by atoms with E-state index < -0.39 is 0 Å². The molecular weight excluding hydrogens is 282 g/mol. The lowest BCUT2D eigenvalue weighted by molar-refractivity contribution is 0.604. The average Bonchev–Trinajstić information content (AvgIpc) is 2.91. The molecule has 0 saturated carbocycles.